The summed E-state index contributed by atoms with van der Waals surface area (Å²) in [5.74, 6) is -0.382. The Labute approximate surface area is 127 Å². The van der Waals surface area contributed by atoms with Crippen LogP contribution in [0.25, 0.3) is 0 Å². The summed E-state index contributed by atoms with van der Waals surface area (Å²) < 4.78 is 51.0. The van der Waals surface area contributed by atoms with E-state index in [0.29, 0.717) is 22.0 Å². The molecule has 1 atom stereocenters. The zero-order chi connectivity index (χ0) is 15.6. The Kier molecular flexibility index (Phi) is 4.68. The summed E-state index contributed by atoms with van der Waals surface area (Å²) in [4.78, 5) is 0. The van der Waals surface area contributed by atoms with Gasteiger partial charge < -0.3 is 5.73 Å². The quantitative estimate of drug-likeness (QED) is 0.777. The summed E-state index contributed by atoms with van der Waals surface area (Å²) in [6.45, 7) is 0. The van der Waals surface area contributed by atoms with E-state index in [4.69, 9.17) is 5.73 Å². The molecule has 0 heterocycles. The molecule has 0 saturated heterocycles. The maximum Gasteiger partial charge on any atom is 0.416 e. The molecule has 0 aliphatic carbocycles. The maximum atomic E-state index is 13.0. The van der Waals surface area contributed by atoms with Crippen molar-refractivity contribution in [2.45, 2.75) is 18.6 Å². The molecule has 0 saturated carbocycles. The van der Waals surface area contributed by atoms with Crippen LogP contribution in [0.4, 0.5) is 17.6 Å². The lowest BCUT2D eigenvalue weighted by molar-refractivity contribution is -0.137. The van der Waals surface area contributed by atoms with Gasteiger partial charge in [-0.3, -0.25) is 0 Å². The summed E-state index contributed by atoms with van der Waals surface area (Å²) in [5.41, 5.74) is 6.73. The molecule has 6 heteroatoms. The first-order valence-corrected chi connectivity index (χ1v) is 6.93. The van der Waals surface area contributed by atoms with E-state index in [9.17, 15) is 17.6 Å². The minimum absolute atomic E-state index is 0.363. The molecule has 0 aliphatic heterocycles. The van der Waals surface area contributed by atoms with Crippen molar-refractivity contribution in [2.24, 2.45) is 5.73 Å². The summed E-state index contributed by atoms with van der Waals surface area (Å²) in [5, 5.41) is 0. The van der Waals surface area contributed by atoms with Gasteiger partial charge in [-0.2, -0.15) is 13.2 Å². The van der Waals surface area contributed by atoms with Gasteiger partial charge in [0.25, 0.3) is 0 Å². The zero-order valence-corrected chi connectivity index (χ0v) is 12.4. The maximum absolute atomic E-state index is 13.0. The van der Waals surface area contributed by atoms with E-state index >= 15 is 0 Å². The fourth-order valence-electron chi connectivity index (χ4n) is 2.00. The topological polar surface area (TPSA) is 26.0 Å². The summed E-state index contributed by atoms with van der Waals surface area (Å²) in [6.07, 6.45) is -3.98. The van der Waals surface area contributed by atoms with Crippen LogP contribution in [0.3, 0.4) is 0 Å². The van der Waals surface area contributed by atoms with E-state index in [0.717, 1.165) is 12.1 Å². The Balaban J connectivity index is 2.14. The van der Waals surface area contributed by atoms with Crippen LogP contribution in [0.1, 0.15) is 22.7 Å². The van der Waals surface area contributed by atoms with E-state index in [1.807, 2.05) is 0 Å². The molecule has 0 fully saturated rings. The van der Waals surface area contributed by atoms with Gasteiger partial charge in [-0.15, -0.1) is 0 Å². The molecule has 2 N–H and O–H groups in total. The van der Waals surface area contributed by atoms with E-state index in [2.05, 4.69) is 15.9 Å². The molecule has 0 amide bonds. The second-order valence-corrected chi connectivity index (χ2v) is 5.53. The molecular formula is C15H12BrF4N. The highest BCUT2D eigenvalue weighted by Crippen LogP contribution is 2.30. The van der Waals surface area contributed by atoms with E-state index < -0.39 is 17.8 Å². The number of halogens is 5. The zero-order valence-electron chi connectivity index (χ0n) is 10.8. The van der Waals surface area contributed by atoms with Crippen LogP contribution in [0.15, 0.2) is 46.9 Å². The Bertz CT molecular complexity index is 623. The highest BCUT2D eigenvalue weighted by molar-refractivity contribution is 9.10. The SMILES string of the molecule is NC(Cc1ccc(C(F)(F)F)cc1)c1ccc(F)cc1Br. The first-order valence-electron chi connectivity index (χ1n) is 6.14. The third kappa shape index (κ3) is 4.04. The van der Waals surface area contributed by atoms with Gasteiger partial charge in [-0.25, -0.2) is 4.39 Å². The number of rotatable bonds is 3. The largest absolute Gasteiger partial charge is 0.416 e. The van der Waals surface area contributed by atoms with Gasteiger partial charge in [0.15, 0.2) is 0 Å². The third-order valence-electron chi connectivity index (χ3n) is 3.10. The van der Waals surface area contributed by atoms with Gasteiger partial charge in [-0.05, 0) is 41.8 Å². The lowest BCUT2D eigenvalue weighted by Crippen LogP contribution is -2.14. The highest BCUT2D eigenvalue weighted by Gasteiger charge is 2.29. The molecule has 0 radical (unpaired) electrons. The number of alkyl halides is 3. The second-order valence-electron chi connectivity index (χ2n) is 4.67. The fourth-order valence-corrected chi connectivity index (χ4v) is 2.64. The molecule has 2 aromatic carbocycles. The Morgan fingerprint density at radius 3 is 2.19 bits per heavy atom. The van der Waals surface area contributed by atoms with Gasteiger partial charge in [0.05, 0.1) is 5.56 Å². The van der Waals surface area contributed by atoms with Crippen LogP contribution in [0.5, 0.6) is 0 Å². The van der Waals surface area contributed by atoms with Crippen molar-refractivity contribution in [3.05, 3.63) is 69.4 Å². The van der Waals surface area contributed by atoms with Crippen LogP contribution >= 0.6 is 15.9 Å². The molecule has 0 bridgehead atoms. The van der Waals surface area contributed by atoms with E-state index in [1.165, 1.54) is 24.3 Å². The molecule has 2 rings (SSSR count). The molecule has 112 valence electrons. The average Bonchev–Trinajstić information content (AvgIpc) is 2.38. The van der Waals surface area contributed by atoms with Gasteiger partial charge >= 0.3 is 6.18 Å². The lowest BCUT2D eigenvalue weighted by Gasteiger charge is -2.15. The van der Waals surface area contributed by atoms with Crippen LogP contribution in [-0.4, -0.2) is 0 Å². The van der Waals surface area contributed by atoms with Crippen LogP contribution in [0, 0.1) is 5.82 Å². The smallest absolute Gasteiger partial charge is 0.324 e. The fraction of sp³-hybridized carbons (Fsp3) is 0.200. The van der Waals surface area contributed by atoms with Gasteiger partial charge in [0.2, 0.25) is 0 Å². The number of benzene rings is 2. The molecule has 0 spiro atoms. The van der Waals surface area contributed by atoms with Gasteiger partial charge in [0.1, 0.15) is 5.82 Å². The van der Waals surface area contributed by atoms with Gasteiger partial charge in [0, 0.05) is 10.5 Å². The molecule has 0 aromatic heterocycles. The van der Waals surface area contributed by atoms with Crippen molar-refractivity contribution in [3.8, 4) is 0 Å². The predicted molar refractivity (Wildman–Crippen MR) is 76.2 cm³/mol. The van der Waals surface area contributed by atoms with Gasteiger partial charge in [-0.1, -0.05) is 34.1 Å². The minimum Gasteiger partial charge on any atom is -0.324 e. The summed E-state index contributed by atoms with van der Waals surface area (Å²) >= 11 is 3.23. The number of hydrogen-bond acceptors (Lipinski definition) is 1. The van der Waals surface area contributed by atoms with Crippen molar-refractivity contribution in [3.63, 3.8) is 0 Å². The third-order valence-corrected chi connectivity index (χ3v) is 3.79. The molecular weight excluding hydrogens is 350 g/mol. The lowest BCUT2D eigenvalue weighted by atomic mass is 9.99. The van der Waals surface area contributed by atoms with Crippen molar-refractivity contribution in [1.29, 1.82) is 0 Å². The highest BCUT2D eigenvalue weighted by atomic mass is 79.9. The minimum atomic E-state index is -4.35. The van der Waals surface area contributed by atoms with Crippen LogP contribution in [-0.2, 0) is 12.6 Å². The Morgan fingerprint density at radius 1 is 1.05 bits per heavy atom. The molecule has 21 heavy (non-hydrogen) atoms. The normalized spacial score (nSPS) is 13.2. The Morgan fingerprint density at radius 2 is 1.67 bits per heavy atom. The molecule has 0 aliphatic rings. The summed E-state index contributed by atoms with van der Waals surface area (Å²) in [6, 6.07) is 8.60. The predicted octanol–water partition coefficient (Wildman–Crippen LogP) is 4.85. The van der Waals surface area contributed by atoms with Crippen molar-refractivity contribution >= 4 is 15.9 Å². The van der Waals surface area contributed by atoms with E-state index in [-0.39, 0.29) is 5.82 Å². The first kappa shape index (κ1) is 16.0. The number of hydrogen-bond donors (Lipinski definition) is 1. The average molecular weight is 362 g/mol. The van der Waals surface area contributed by atoms with E-state index in [1.54, 1.807) is 6.07 Å². The summed E-state index contributed by atoms with van der Waals surface area (Å²) in [7, 11) is 0. The molecule has 1 unspecified atom stereocenters. The number of nitrogens with two attached hydrogens (primary N) is 1. The molecule has 1 nitrogen and oxygen atoms in total. The second kappa shape index (κ2) is 6.15. The standard InChI is InChI=1S/C15H12BrF4N/c16-13-8-11(17)5-6-12(13)14(21)7-9-1-3-10(4-2-9)15(18,19)20/h1-6,8,14H,7,21H2. The van der Waals surface area contributed by atoms with Crippen molar-refractivity contribution in [2.75, 3.05) is 0 Å². The Hall–Kier alpha value is -1.40. The van der Waals surface area contributed by atoms with Crippen LogP contribution in [0.2, 0.25) is 0 Å². The molecule has 2 aromatic rings. The van der Waals surface area contributed by atoms with Crippen molar-refractivity contribution in [1.82, 2.24) is 0 Å². The monoisotopic (exact) mass is 361 g/mol. The first-order chi connectivity index (χ1) is 9.77. The van der Waals surface area contributed by atoms with Crippen molar-refractivity contribution < 1.29 is 17.6 Å². The van der Waals surface area contributed by atoms with Crippen LogP contribution < -0.4 is 5.73 Å².